The molecule has 4 rings (SSSR count). The van der Waals surface area contributed by atoms with E-state index in [0.717, 1.165) is 21.8 Å². The molecule has 1 saturated heterocycles. The van der Waals surface area contributed by atoms with E-state index in [9.17, 15) is 35.5 Å². The molecule has 212 valence electrons. The standard InChI is InChI=1S/C21H20F4N4OS2.C2HF3O2/c22-18-13(3-1-4-14(18)21(23,24)25)11-15(26)19(30)28-6-8-29(9-7-28)20-27-16(12-32-20)17-5-2-10-31-17;3-2(4,5)1(6)7/h1-5,10,12,15H,6-9,11,26H2;(H,6,7). The quantitative estimate of drug-likeness (QED) is 0.407. The zero-order chi connectivity index (χ0) is 29.0. The van der Waals surface area contributed by atoms with Gasteiger partial charge in [-0.05, 0) is 29.5 Å². The lowest BCUT2D eigenvalue weighted by Crippen LogP contribution is -2.53. The molecular weight excluding hydrogens is 577 g/mol. The number of thiophene rings is 1. The van der Waals surface area contributed by atoms with Gasteiger partial charge >= 0.3 is 18.3 Å². The third kappa shape index (κ3) is 7.89. The molecule has 2 aromatic heterocycles. The lowest BCUT2D eigenvalue weighted by molar-refractivity contribution is -0.192. The molecule has 1 fully saturated rings. The van der Waals surface area contributed by atoms with Crippen LogP contribution in [0.3, 0.4) is 0 Å². The van der Waals surface area contributed by atoms with Crippen molar-refractivity contribution in [2.75, 3.05) is 31.1 Å². The molecule has 3 heterocycles. The number of aliphatic carboxylic acids is 1. The predicted molar refractivity (Wildman–Crippen MR) is 131 cm³/mol. The van der Waals surface area contributed by atoms with E-state index in [1.54, 1.807) is 16.2 Å². The van der Waals surface area contributed by atoms with Crippen LogP contribution >= 0.6 is 22.7 Å². The normalized spacial score (nSPS) is 15.0. The zero-order valence-corrected chi connectivity index (χ0v) is 21.4. The van der Waals surface area contributed by atoms with Crippen molar-refractivity contribution in [2.24, 2.45) is 5.73 Å². The molecule has 3 N–H and O–H groups in total. The molecule has 1 amide bonds. The van der Waals surface area contributed by atoms with Gasteiger partial charge < -0.3 is 20.6 Å². The molecule has 1 aliphatic rings. The Balaban J connectivity index is 0.000000532. The molecule has 0 saturated carbocycles. The molecule has 1 unspecified atom stereocenters. The average molecular weight is 599 g/mol. The monoisotopic (exact) mass is 598 g/mol. The summed E-state index contributed by atoms with van der Waals surface area (Å²) in [6, 6.07) is 5.88. The van der Waals surface area contributed by atoms with Gasteiger partial charge in [0.05, 0.1) is 22.2 Å². The molecule has 39 heavy (non-hydrogen) atoms. The van der Waals surface area contributed by atoms with Crippen molar-refractivity contribution in [3.05, 3.63) is 58.0 Å². The van der Waals surface area contributed by atoms with Crippen LogP contribution in [0.25, 0.3) is 10.6 Å². The Bertz CT molecular complexity index is 1270. The Morgan fingerprint density at radius 2 is 1.67 bits per heavy atom. The lowest BCUT2D eigenvalue weighted by atomic mass is 10.0. The van der Waals surface area contributed by atoms with Gasteiger partial charge in [-0.3, -0.25) is 4.79 Å². The van der Waals surface area contributed by atoms with Crippen LogP contribution in [0.1, 0.15) is 11.1 Å². The summed E-state index contributed by atoms with van der Waals surface area (Å²) in [4.78, 5) is 31.0. The number of aromatic nitrogens is 1. The molecular formula is C23H21F7N4O3S2. The van der Waals surface area contributed by atoms with Crippen molar-refractivity contribution in [3.63, 3.8) is 0 Å². The van der Waals surface area contributed by atoms with E-state index in [0.29, 0.717) is 32.2 Å². The van der Waals surface area contributed by atoms with E-state index in [4.69, 9.17) is 15.6 Å². The van der Waals surface area contributed by atoms with Crippen molar-refractivity contribution in [2.45, 2.75) is 24.8 Å². The Labute approximate surface area is 225 Å². The van der Waals surface area contributed by atoms with Gasteiger partial charge in [0, 0.05) is 31.6 Å². The van der Waals surface area contributed by atoms with Crippen LogP contribution in [0.15, 0.2) is 41.1 Å². The smallest absolute Gasteiger partial charge is 0.475 e. The van der Waals surface area contributed by atoms with Crippen molar-refractivity contribution in [3.8, 4) is 10.6 Å². The molecule has 16 heteroatoms. The van der Waals surface area contributed by atoms with Crippen LogP contribution in [0.4, 0.5) is 35.9 Å². The fraction of sp³-hybridized carbons (Fsp3) is 0.348. The predicted octanol–water partition coefficient (Wildman–Crippen LogP) is 4.88. The third-order valence-corrected chi connectivity index (χ3v) is 7.30. The lowest BCUT2D eigenvalue weighted by Gasteiger charge is -2.35. The van der Waals surface area contributed by atoms with E-state index < -0.39 is 41.7 Å². The molecule has 0 spiro atoms. The van der Waals surface area contributed by atoms with Crippen LogP contribution in [-0.2, 0) is 22.2 Å². The fourth-order valence-corrected chi connectivity index (χ4v) is 5.22. The summed E-state index contributed by atoms with van der Waals surface area (Å²) in [5, 5.41) is 12.0. The van der Waals surface area contributed by atoms with Crippen LogP contribution in [0.5, 0.6) is 0 Å². The molecule has 3 aromatic rings. The van der Waals surface area contributed by atoms with Crippen molar-refractivity contribution in [1.82, 2.24) is 9.88 Å². The number of rotatable bonds is 5. The van der Waals surface area contributed by atoms with E-state index in [-0.39, 0.29) is 12.0 Å². The molecule has 1 aliphatic heterocycles. The van der Waals surface area contributed by atoms with Gasteiger partial charge in [0.1, 0.15) is 5.82 Å². The molecule has 0 aliphatic carbocycles. The number of carbonyl (C=O) groups excluding carboxylic acids is 1. The van der Waals surface area contributed by atoms with Crippen molar-refractivity contribution in [1.29, 1.82) is 0 Å². The summed E-state index contributed by atoms with van der Waals surface area (Å²) >= 11 is 3.15. The number of carboxylic acids is 1. The van der Waals surface area contributed by atoms with Gasteiger partial charge in [-0.25, -0.2) is 14.2 Å². The Morgan fingerprint density at radius 1 is 1.03 bits per heavy atom. The number of benzene rings is 1. The highest BCUT2D eigenvalue weighted by molar-refractivity contribution is 7.16. The number of anilines is 1. The number of carboxylic acid groups (broad SMARTS) is 1. The second-order valence-electron chi connectivity index (χ2n) is 8.19. The topological polar surface area (TPSA) is 99.8 Å². The van der Waals surface area contributed by atoms with Crippen LogP contribution in [0.2, 0.25) is 0 Å². The van der Waals surface area contributed by atoms with Gasteiger partial charge in [0.25, 0.3) is 0 Å². The van der Waals surface area contributed by atoms with Crippen LogP contribution in [-0.4, -0.2) is 65.3 Å². The van der Waals surface area contributed by atoms with Crippen molar-refractivity contribution >= 4 is 39.7 Å². The number of hydrogen-bond acceptors (Lipinski definition) is 7. The minimum absolute atomic E-state index is 0.219. The number of piperazine rings is 1. The summed E-state index contributed by atoms with van der Waals surface area (Å²) in [6.07, 6.45) is -10.2. The molecule has 1 aromatic carbocycles. The fourth-order valence-electron chi connectivity index (χ4n) is 3.58. The van der Waals surface area contributed by atoms with Gasteiger partial charge in [0.15, 0.2) is 5.13 Å². The van der Waals surface area contributed by atoms with E-state index in [1.807, 2.05) is 22.9 Å². The number of nitrogens with two attached hydrogens (primary N) is 1. The van der Waals surface area contributed by atoms with Gasteiger partial charge in [-0.1, -0.05) is 18.2 Å². The summed E-state index contributed by atoms with van der Waals surface area (Å²) in [6.45, 7) is 1.94. The number of amides is 1. The Morgan fingerprint density at radius 3 is 2.21 bits per heavy atom. The molecule has 0 bridgehead atoms. The second kappa shape index (κ2) is 12.3. The molecule has 0 radical (unpaired) electrons. The first-order valence-corrected chi connectivity index (χ1v) is 12.9. The van der Waals surface area contributed by atoms with Gasteiger partial charge in [-0.2, -0.15) is 26.3 Å². The maximum absolute atomic E-state index is 14.3. The SMILES string of the molecule is NC(Cc1cccc(C(F)(F)F)c1F)C(=O)N1CCN(c2nc(-c3cccs3)cs2)CC1.O=C(O)C(F)(F)F. The largest absolute Gasteiger partial charge is 0.490 e. The zero-order valence-electron chi connectivity index (χ0n) is 19.8. The van der Waals surface area contributed by atoms with Gasteiger partial charge in [-0.15, -0.1) is 22.7 Å². The average Bonchev–Trinajstić information content (AvgIpc) is 3.56. The highest BCUT2D eigenvalue weighted by Gasteiger charge is 2.38. The van der Waals surface area contributed by atoms with E-state index >= 15 is 0 Å². The van der Waals surface area contributed by atoms with Crippen LogP contribution in [0, 0.1) is 5.82 Å². The minimum atomic E-state index is -5.08. The number of hydrogen-bond donors (Lipinski definition) is 2. The maximum atomic E-state index is 14.3. The number of thiazole rings is 1. The first kappa shape index (κ1) is 30.3. The molecule has 7 nitrogen and oxygen atoms in total. The Hall–Kier alpha value is -3.24. The van der Waals surface area contributed by atoms with E-state index in [2.05, 4.69) is 9.88 Å². The summed E-state index contributed by atoms with van der Waals surface area (Å²) in [5.41, 5.74) is 5.30. The second-order valence-corrected chi connectivity index (χ2v) is 9.98. The number of nitrogens with zero attached hydrogens (tertiary/aromatic N) is 3. The summed E-state index contributed by atoms with van der Waals surface area (Å²) in [7, 11) is 0. The minimum Gasteiger partial charge on any atom is -0.475 e. The maximum Gasteiger partial charge on any atom is 0.490 e. The number of carbonyl (C=O) groups is 2. The highest BCUT2D eigenvalue weighted by atomic mass is 32.1. The number of halogens is 7. The van der Waals surface area contributed by atoms with Crippen LogP contribution < -0.4 is 10.6 Å². The molecule has 1 atom stereocenters. The van der Waals surface area contributed by atoms with E-state index in [1.165, 1.54) is 17.4 Å². The van der Waals surface area contributed by atoms with Gasteiger partial charge in [0.2, 0.25) is 5.91 Å². The summed E-state index contributed by atoms with van der Waals surface area (Å²) < 4.78 is 84.8. The first-order chi connectivity index (χ1) is 18.2. The first-order valence-electron chi connectivity index (χ1n) is 11.1. The third-order valence-electron chi connectivity index (χ3n) is 5.51. The van der Waals surface area contributed by atoms with Crippen molar-refractivity contribution < 1.29 is 45.4 Å². The highest BCUT2D eigenvalue weighted by Crippen LogP contribution is 2.33. The number of alkyl halides is 6. The summed E-state index contributed by atoms with van der Waals surface area (Å²) in [5.74, 6) is -4.54. The Kier molecular flexibility index (Phi) is 9.55.